The highest BCUT2D eigenvalue weighted by Crippen LogP contribution is 2.13. The van der Waals surface area contributed by atoms with E-state index >= 15 is 0 Å². The summed E-state index contributed by atoms with van der Waals surface area (Å²) in [6.07, 6.45) is 0. The van der Waals surface area contributed by atoms with Crippen molar-refractivity contribution in [2.24, 2.45) is 5.73 Å². The van der Waals surface area contributed by atoms with Crippen molar-refractivity contribution in [1.29, 1.82) is 0 Å². The zero-order valence-corrected chi connectivity index (χ0v) is 13.8. The molecule has 0 aromatic heterocycles. The van der Waals surface area contributed by atoms with Crippen LogP contribution in [0.5, 0.6) is 0 Å². The minimum absolute atomic E-state index is 0.0391. The van der Waals surface area contributed by atoms with E-state index in [2.05, 4.69) is 0 Å². The van der Waals surface area contributed by atoms with E-state index in [0.29, 0.717) is 19.6 Å². The summed E-state index contributed by atoms with van der Waals surface area (Å²) in [5, 5.41) is 0. The molecule has 1 aliphatic rings. The molecule has 8 heteroatoms. The Morgan fingerprint density at radius 3 is 2.43 bits per heavy atom. The van der Waals surface area contributed by atoms with Crippen molar-refractivity contribution in [3.8, 4) is 0 Å². The van der Waals surface area contributed by atoms with Crippen molar-refractivity contribution in [3.05, 3.63) is 30.3 Å². The Morgan fingerprint density at radius 1 is 1.22 bits per heavy atom. The van der Waals surface area contributed by atoms with E-state index in [9.17, 15) is 18.0 Å². The van der Waals surface area contributed by atoms with Gasteiger partial charge in [-0.05, 0) is 12.1 Å². The lowest BCUT2D eigenvalue weighted by Gasteiger charge is -2.39. The fourth-order valence-electron chi connectivity index (χ4n) is 2.66. The van der Waals surface area contributed by atoms with Crippen LogP contribution in [-0.4, -0.2) is 68.0 Å². The van der Waals surface area contributed by atoms with Gasteiger partial charge in [0.1, 0.15) is 6.04 Å². The summed E-state index contributed by atoms with van der Waals surface area (Å²) in [5.41, 5.74) is 5.35. The largest absolute Gasteiger partial charge is 0.368 e. The topological polar surface area (TPSA) is 101 Å². The lowest BCUT2D eigenvalue weighted by molar-refractivity contribution is -0.140. The summed E-state index contributed by atoms with van der Waals surface area (Å²) in [5.74, 6) is -0.816. The van der Waals surface area contributed by atoms with E-state index in [0.717, 1.165) is 0 Å². The summed E-state index contributed by atoms with van der Waals surface area (Å²) in [6, 6.07) is 7.55. The molecule has 126 valence electrons. The number of hydrogen-bond donors (Lipinski definition) is 1. The quantitative estimate of drug-likeness (QED) is 0.778. The SMILES string of the molecule is CC(=O)N1CCN(CCS(=O)(=O)c2ccccc2)C[C@H]1C(N)=O. The fourth-order valence-corrected chi connectivity index (χ4v) is 3.96. The van der Waals surface area contributed by atoms with Gasteiger partial charge in [-0.1, -0.05) is 18.2 Å². The maximum Gasteiger partial charge on any atom is 0.241 e. The van der Waals surface area contributed by atoms with Gasteiger partial charge in [0.2, 0.25) is 11.8 Å². The Kier molecular flexibility index (Phi) is 5.38. The molecular formula is C15H21N3O4S. The lowest BCUT2D eigenvalue weighted by Crippen LogP contribution is -2.59. The van der Waals surface area contributed by atoms with Crippen LogP contribution >= 0.6 is 0 Å². The first-order valence-corrected chi connectivity index (χ1v) is 9.03. The maximum atomic E-state index is 12.3. The molecule has 1 atom stereocenters. The van der Waals surface area contributed by atoms with Crippen molar-refractivity contribution < 1.29 is 18.0 Å². The molecule has 0 saturated carbocycles. The summed E-state index contributed by atoms with van der Waals surface area (Å²) < 4.78 is 24.6. The molecule has 2 amide bonds. The number of primary amides is 1. The van der Waals surface area contributed by atoms with Crippen LogP contribution in [0.2, 0.25) is 0 Å². The standard InChI is InChI=1S/C15H21N3O4S/c1-12(19)18-8-7-17(11-14(18)15(16)20)9-10-23(21,22)13-5-3-2-4-6-13/h2-6,14H,7-11H2,1H3,(H2,16,20)/t14-/m0/s1. The number of piperazine rings is 1. The van der Waals surface area contributed by atoms with Gasteiger partial charge >= 0.3 is 0 Å². The Hall–Kier alpha value is -1.93. The molecule has 23 heavy (non-hydrogen) atoms. The molecule has 1 aromatic rings. The number of benzene rings is 1. The van der Waals surface area contributed by atoms with Gasteiger partial charge in [-0.3, -0.25) is 14.5 Å². The van der Waals surface area contributed by atoms with Gasteiger partial charge in [-0.2, -0.15) is 0 Å². The van der Waals surface area contributed by atoms with Gasteiger partial charge in [-0.25, -0.2) is 8.42 Å². The van der Waals surface area contributed by atoms with Crippen molar-refractivity contribution in [1.82, 2.24) is 9.80 Å². The maximum absolute atomic E-state index is 12.3. The second kappa shape index (κ2) is 7.10. The minimum Gasteiger partial charge on any atom is -0.368 e. The number of sulfone groups is 1. The number of amides is 2. The van der Waals surface area contributed by atoms with Crippen LogP contribution < -0.4 is 5.73 Å². The third kappa shape index (κ3) is 4.29. The molecule has 1 heterocycles. The van der Waals surface area contributed by atoms with Crippen LogP contribution in [0.25, 0.3) is 0 Å². The number of carbonyl (C=O) groups excluding carboxylic acids is 2. The first-order chi connectivity index (χ1) is 10.8. The zero-order chi connectivity index (χ0) is 17.0. The second-order valence-corrected chi connectivity index (χ2v) is 7.67. The van der Waals surface area contributed by atoms with Crippen LogP contribution in [0.15, 0.2) is 35.2 Å². The van der Waals surface area contributed by atoms with E-state index in [1.54, 1.807) is 30.3 Å². The average Bonchev–Trinajstić information content (AvgIpc) is 2.53. The number of hydrogen-bond acceptors (Lipinski definition) is 5. The number of carbonyl (C=O) groups is 2. The van der Waals surface area contributed by atoms with Gasteiger partial charge in [0.15, 0.2) is 9.84 Å². The Morgan fingerprint density at radius 2 is 1.87 bits per heavy atom. The van der Waals surface area contributed by atoms with E-state index in [1.807, 2.05) is 4.90 Å². The summed E-state index contributed by atoms with van der Waals surface area (Å²) in [6.45, 7) is 2.85. The second-order valence-electron chi connectivity index (χ2n) is 5.56. The summed E-state index contributed by atoms with van der Waals surface area (Å²) >= 11 is 0. The van der Waals surface area contributed by atoms with Crippen LogP contribution in [0.1, 0.15) is 6.92 Å². The van der Waals surface area contributed by atoms with Crippen molar-refractivity contribution in [2.45, 2.75) is 17.9 Å². The van der Waals surface area contributed by atoms with Gasteiger partial charge in [0, 0.05) is 33.1 Å². The van der Waals surface area contributed by atoms with E-state index in [1.165, 1.54) is 11.8 Å². The molecule has 0 radical (unpaired) electrons. The van der Waals surface area contributed by atoms with Crippen molar-refractivity contribution in [2.75, 3.05) is 31.9 Å². The predicted molar refractivity (Wildman–Crippen MR) is 85.3 cm³/mol. The molecule has 1 fully saturated rings. The highest BCUT2D eigenvalue weighted by atomic mass is 32.2. The average molecular weight is 339 g/mol. The summed E-state index contributed by atoms with van der Waals surface area (Å²) in [7, 11) is -3.37. The fraction of sp³-hybridized carbons (Fsp3) is 0.467. The number of nitrogens with zero attached hydrogens (tertiary/aromatic N) is 2. The minimum atomic E-state index is -3.37. The predicted octanol–water partition coefficient (Wildman–Crippen LogP) is -0.522. The molecule has 2 rings (SSSR count). The highest BCUT2D eigenvalue weighted by Gasteiger charge is 2.32. The van der Waals surface area contributed by atoms with Gasteiger partial charge in [0.25, 0.3) is 0 Å². The molecular weight excluding hydrogens is 318 g/mol. The Bertz CT molecular complexity index is 675. The van der Waals surface area contributed by atoms with E-state index < -0.39 is 21.8 Å². The van der Waals surface area contributed by atoms with E-state index in [4.69, 9.17) is 5.73 Å². The number of rotatable bonds is 5. The smallest absolute Gasteiger partial charge is 0.241 e. The van der Waals surface area contributed by atoms with Crippen molar-refractivity contribution in [3.63, 3.8) is 0 Å². The molecule has 1 aliphatic heterocycles. The molecule has 0 unspecified atom stereocenters. The molecule has 1 saturated heterocycles. The summed E-state index contributed by atoms with van der Waals surface area (Å²) in [4.78, 5) is 26.6. The van der Waals surface area contributed by atoms with Gasteiger partial charge in [-0.15, -0.1) is 0 Å². The van der Waals surface area contributed by atoms with E-state index in [-0.39, 0.29) is 23.1 Å². The number of nitrogens with two attached hydrogens (primary N) is 1. The van der Waals surface area contributed by atoms with Crippen LogP contribution in [-0.2, 0) is 19.4 Å². The van der Waals surface area contributed by atoms with Gasteiger partial charge in [0.05, 0.1) is 10.6 Å². The zero-order valence-electron chi connectivity index (χ0n) is 13.0. The molecule has 2 N–H and O–H groups in total. The Balaban J connectivity index is 1.99. The normalized spacial score (nSPS) is 19.5. The van der Waals surface area contributed by atoms with Crippen LogP contribution in [0.3, 0.4) is 0 Å². The third-order valence-corrected chi connectivity index (χ3v) is 5.69. The van der Waals surface area contributed by atoms with Crippen LogP contribution in [0.4, 0.5) is 0 Å². The first-order valence-electron chi connectivity index (χ1n) is 7.38. The first kappa shape index (κ1) is 17.4. The Labute approximate surface area is 136 Å². The van der Waals surface area contributed by atoms with Crippen molar-refractivity contribution >= 4 is 21.7 Å². The lowest BCUT2D eigenvalue weighted by atomic mass is 10.1. The monoisotopic (exact) mass is 339 g/mol. The molecule has 0 bridgehead atoms. The molecule has 7 nitrogen and oxygen atoms in total. The molecule has 0 aliphatic carbocycles. The third-order valence-electron chi connectivity index (χ3n) is 3.98. The van der Waals surface area contributed by atoms with Gasteiger partial charge < -0.3 is 10.6 Å². The molecule has 0 spiro atoms. The molecule has 1 aromatic carbocycles. The van der Waals surface area contributed by atoms with Crippen LogP contribution in [0, 0.1) is 0 Å². The highest BCUT2D eigenvalue weighted by molar-refractivity contribution is 7.91.